The average Bonchev–Trinajstić information content (AvgIpc) is 2.55. The summed E-state index contributed by atoms with van der Waals surface area (Å²) in [5, 5.41) is 3.30. The molecule has 2 aromatic rings. The minimum Gasteiger partial charge on any atom is -0.353 e. The molecule has 1 aliphatic rings. The molecule has 1 aromatic heterocycles. The molecule has 3 rings (SSSR count). The number of anilines is 2. The Balaban J connectivity index is 1.75. The van der Waals surface area contributed by atoms with Gasteiger partial charge in [0.15, 0.2) is 0 Å². The summed E-state index contributed by atoms with van der Waals surface area (Å²) in [6.07, 6.45) is 2.90. The molecular formula is C18H25N5. The van der Waals surface area contributed by atoms with Crippen molar-refractivity contribution in [3.05, 3.63) is 47.7 Å². The molecule has 0 fully saturated rings. The minimum atomic E-state index is 0.337. The van der Waals surface area contributed by atoms with E-state index in [1.165, 1.54) is 11.1 Å². The van der Waals surface area contributed by atoms with Crippen molar-refractivity contribution >= 4 is 11.8 Å². The smallest absolute Gasteiger partial charge is 0.224 e. The number of nitrogens with one attached hydrogen (secondary N) is 1. The summed E-state index contributed by atoms with van der Waals surface area (Å²) in [4.78, 5) is 13.5. The van der Waals surface area contributed by atoms with Crippen LogP contribution in [0.5, 0.6) is 0 Å². The quantitative estimate of drug-likeness (QED) is 0.919. The molecule has 1 N–H and O–H groups in total. The SMILES string of the molecule is C[C@@H]1c2ccccc2CCN1c1ccnc(NCCN(C)C)n1. The molecule has 0 saturated carbocycles. The van der Waals surface area contributed by atoms with Gasteiger partial charge in [-0.05, 0) is 44.6 Å². The van der Waals surface area contributed by atoms with E-state index in [2.05, 4.69) is 65.4 Å². The number of nitrogens with zero attached hydrogens (tertiary/aromatic N) is 4. The van der Waals surface area contributed by atoms with Crippen molar-refractivity contribution in [1.82, 2.24) is 14.9 Å². The molecule has 0 radical (unpaired) electrons. The van der Waals surface area contributed by atoms with Crippen molar-refractivity contribution in [3.63, 3.8) is 0 Å². The number of aromatic nitrogens is 2. The summed E-state index contributed by atoms with van der Waals surface area (Å²) in [6.45, 7) is 5.04. The maximum atomic E-state index is 4.70. The maximum Gasteiger partial charge on any atom is 0.224 e. The van der Waals surface area contributed by atoms with Crippen LogP contribution < -0.4 is 10.2 Å². The van der Waals surface area contributed by atoms with E-state index in [1.807, 2.05) is 12.3 Å². The average molecular weight is 311 g/mol. The Hall–Kier alpha value is -2.14. The molecule has 23 heavy (non-hydrogen) atoms. The summed E-state index contributed by atoms with van der Waals surface area (Å²) < 4.78 is 0. The van der Waals surface area contributed by atoms with E-state index >= 15 is 0 Å². The number of fused-ring (bicyclic) bond motifs is 1. The van der Waals surface area contributed by atoms with Crippen molar-refractivity contribution in [1.29, 1.82) is 0 Å². The lowest BCUT2D eigenvalue weighted by Crippen LogP contribution is -2.34. The molecule has 0 saturated heterocycles. The van der Waals surface area contributed by atoms with Crippen molar-refractivity contribution in [2.45, 2.75) is 19.4 Å². The van der Waals surface area contributed by atoms with E-state index in [-0.39, 0.29) is 0 Å². The summed E-state index contributed by atoms with van der Waals surface area (Å²) in [5.74, 6) is 1.70. The van der Waals surface area contributed by atoms with Crippen LogP contribution in [-0.2, 0) is 6.42 Å². The van der Waals surface area contributed by atoms with Gasteiger partial charge < -0.3 is 15.1 Å². The standard InChI is InChI=1S/C18H25N5/c1-14-16-7-5-4-6-15(16)9-12-23(14)17-8-10-19-18(21-17)20-11-13-22(2)3/h4-8,10,14H,9,11-13H2,1-3H3,(H,19,20,21)/t14-/m1/s1. The maximum absolute atomic E-state index is 4.70. The van der Waals surface area contributed by atoms with Gasteiger partial charge in [0.05, 0.1) is 6.04 Å². The molecule has 0 aliphatic carbocycles. The molecule has 1 aliphatic heterocycles. The number of rotatable bonds is 5. The Labute approximate surface area is 138 Å². The van der Waals surface area contributed by atoms with Crippen LogP contribution in [0.1, 0.15) is 24.1 Å². The summed E-state index contributed by atoms with van der Waals surface area (Å²) in [7, 11) is 4.12. The van der Waals surface area contributed by atoms with E-state index in [9.17, 15) is 0 Å². The second-order valence-electron chi connectivity index (χ2n) is 6.29. The second-order valence-corrected chi connectivity index (χ2v) is 6.29. The first kappa shape index (κ1) is 15.7. The number of benzene rings is 1. The molecule has 5 nitrogen and oxygen atoms in total. The minimum absolute atomic E-state index is 0.337. The van der Waals surface area contributed by atoms with Crippen LogP contribution in [0.4, 0.5) is 11.8 Å². The monoisotopic (exact) mass is 311 g/mol. The van der Waals surface area contributed by atoms with Gasteiger partial charge in [0.2, 0.25) is 5.95 Å². The predicted octanol–water partition coefficient (Wildman–Crippen LogP) is 2.57. The van der Waals surface area contributed by atoms with Gasteiger partial charge in [0.25, 0.3) is 0 Å². The second kappa shape index (κ2) is 6.96. The van der Waals surface area contributed by atoms with Crippen molar-refractivity contribution in [3.8, 4) is 0 Å². The fourth-order valence-corrected chi connectivity index (χ4v) is 3.07. The molecule has 0 bridgehead atoms. The van der Waals surface area contributed by atoms with Gasteiger partial charge in [-0.1, -0.05) is 24.3 Å². The Morgan fingerprint density at radius 3 is 2.91 bits per heavy atom. The van der Waals surface area contributed by atoms with E-state index in [0.717, 1.165) is 31.9 Å². The fraction of sp³-hybridized carbons (Fsp3) is 0.444. The molecule has 0 spiro atoms. The summed E-state index contributed by atoms with van der Waals surface area (Å²) in [5.41, 5.74) is 2.86. The first-order valence-electron chi connectivity index (χ1n) is 8.21. The zero-order valence-electron chi connectivity index (χ0n) is 14.2. The third-order valence-electron chi connectivity index (χ3n) is 4.37. The van der Waals surface area contributed by atoms with Gasteiger partial charge >= 0.3 is 0 Å². The van der Waals surface area contributed by atoms with E-state index in [1.54, 1.807) is 0 Å². The fourth-order valence-electron chi connectivity index (χ4n) is 3.07. The first-order chi connectivity index (χ1) is 11.1. The van der Waals surface area contributed by atoms with E-state index in [0.29, 0.717) is 12.0 Å². The van der Waals surface area contributed by atoms with Gasteiger partial charge in [0, 0.05) is 25.8 Å². The van der Waals surface area contributed by atoms with Crippen LogP contribution in [0.3, 0.4) is 0 Å². The lowest BCUT2D eigenvalue weighted by Gasteiger charge is -2.36. The van der Waals surface area contributed by atoms with Gasteiger partial charge in [0.1, 0.15) is 5.82 Å². The van der Waals surface area contributed by atoms with Crippen LogP contribution in [0.2, 0.25) is 0 Å². The van der Waals surface area contributed by atoms with Crippen molar-refractivity contribution in [2.75, 3.05) is 43.9 Å². The highest BCUT2D eigenvalue weighted by Gasteiger charge is 2.24. The van der Waals surface area contributed by atoms with E-state index < -0.39 is 0 Å². The van der Waals surface area contributed by atoms with Crippen LogP contribution in [0.15, 0.2) is 36.5 Å². The van der Waals surface area contributed by atoms with Gasteiger partial charge in [-0.2, -0.15) is 4.98 Å². The number of hydrogen-bond donors (Lipinski definition) is 1. The number of likely N-dealkylation sites (N-methyl/N-ethyl adjacent to an activating group) is 1. The highest BCUT2D eigenvalue weighted by atomic mass is 15.2. The molecule has 0 amide bonds. The molecule has 122 valence electrons. The topological polar surface area (TPSA) is 44.3 Å². The lowest BCUT2D eigenvalue weighted by molar-refractivity contribution is 0.425. The van der Waals surface area contributed by atoms with E-state index in [4.69, 9.17) is 4.98 Å². The summed E-state index contributed by atoms with van der Waals surface area (Å²) >= 11 is 0. The molecular weight excluding hydrogens is 286 g/mol. The van der Waals surface area contributed by atoms with Crippen LogP contribution in [-0.4, -0.2) is 48.6 Å². The Kier molecular flexibility index (Phi) is 4.76. The molecule has 1 aromatic carbocycles. The number of hydrogen-bond acceptors (Lipinski definition) is 5. The molecule has 0 unspecified atom stereocenters. The first-order valence-corrected chi connectivity index (χ1v) is 8.21. The van der Waals surface area contributed by atoms with Gasteiger partial charge in [-0.25, -0.2) is 4.98 Å². The zero-order valence-corrected chi connectivity index (χ0v) is 14.2. The van der Waals surface area contributed by atoms with Crippen molar-refractivity contribution < 1.29 is 0 Å². The third kappa shape index (κ3) is 3.62. The molecule has 5 heteroatoms. The Morgan fingerprint density at radius 2 is 2.09 bits per heavy atom. The predicted molar refractivity (Wildman–Crippen MR) is 95.0 cm³/mol. The Morgan fingerprint density at radius 1 is 1.26 bits per heavy atom. The Bertz CT molecular complexity index is 655. The normalized spacial score (nSPS) is 17.2. The lowest BCUT2D eigenvalue weighted by atomic mass is 9.94. The summed E-state index contributed by atoms with van der Waals surface area (Å²) in [6, 6.07) is 11.0. The highest BCUT2D eigenvalue weighted by molar-refractivity contribution is 5.48. The highest BCUT2D eigenvalue weighted by Crippen LogP contribution is 2.32. The molecule has 1 atom stereocenters. The van der Waals surface area contributed by atoms with Gasteiger partial charge in [-0.15, -0.1) is 0 Å². The zero-order chi connectivity index (χ0) is 16.2. The largest absolute Gasteiger partial charge is 0.353 e. The van der Waals surface area contributed by atoms with Crippen molar-refractivity contribution in [2.24, 2.45) is 0 Å². The van der Waals surface area contributed by atoms with Gasteiger partial charge in [-0.3, -0.25) is 0 Å². The van der Waals surface area contributed by atoms with Crippen LogP contribution in [0.25, 0.3) is 0 Å². The van der Waals surface area contributed by atoms with Crippen LogP contribution >= 0.6 is 0 Å². The molecule has 2 heterocycles. The van der Waals surface area contributed by atoms with Crippen LogP contribution in [0, 0.1) is 0 Å². The third-order valence-corrected chi connectivity index (χ3v) is 4.37.